The van der Waals surface area contributed by atoms with Crippen molar-refractivity contribution < 1.29 is 4.79 Å². The Hall–Kier alpha value is -0.770. The van der Waals surface area contributed by atoms with Gasteiger partial charge in [-0.3, -0.25) is 4.79 Å². The summed E-state index contributed by atoms with van der Waals surface area (Å²) in [7, 11) is 1.92. The Labute approximate surface area is 105 Å². The molecule has 0 spiro atoms. The van der Waals surface area contributed by atoms with Crippen molar-refractivity contribution in [2.24, 2.45) is 5.73 Å². The molecule has 0 fully saturated rings. The zero-order valence-electron chi connectivity index (χ0n) is 9.04. The van der Waals surface area contributed by atoms with Gasteiger partial charge in [0.25, 0.3) is 0 Å². The summed E-state index contributed by atoms with van der Waals surface area (Å²) >= 11 is 11.7. The quantitative estimate of drug-likeness (QED) is 0.884. The van der Waals surface area contributed by atoms with Crippen LogP contribution in [0.2, 0.25) is 10.0 Å². The first-order valence-electron chi connectivity index (χ1n) is 4.90. The smallest absolute Gasteiger partial charge is 0.218 e. The van der Waals surface area contributed by atoms with E-state index in [9.17, 15) is 4.79 Å². The number of hydrogen-bond acceptors (Lipinski definition) is 2. The highest BCUT2D eigenvalue weighted by molar-refractivity contribution is 6.42. The highest BCUT2D eigenvalue weighted by Crippen LogP contribution is 2.23. The molecule has 0 aromatic heterocycles. The van der Waals surface area contributed by atoms with Crippen molar-refractivity contribution in [1.82, 2.24) is 4.90 Å². The van der Waals surface area contributed by atoms with Gasteiger partial charge in [0.15, 0.2) is 0 Å². The average molecular weight is 261 g/mol. The Balaban J connectivity index is 2.52. The van der Waals surface area contributed by atoms with Crippen LogP contribution < -0.4 is 5.73 Å². The fraction of sp³-hybridized carbons (Fsp3) is 0.364. The molecule has 1 aromatic rings. The summed E-state index contributed by atoms with van der Waals surface area (Å²) in [5, 5.41) is 1.09. The molecule has 88 valence electrons. The Morgan fingerprint density at radius 2 is 2.06 bits per heavy atom. The van der Waals surface area contributed by atoms with Crippen LogP contribution in [0, 0.1) is 0 Å². The first-order valence-corrected chi connectivity index (χ1v) is 5.65. The molecular formula is C11H14Cl2N2O. The first kappa shape index (κ1) is 13.3. The molecule has 0 aliphatic rings. The van der Waals surface area contributed by atoms with Crippen LogP contribution in [-0.4, -0.2) is 24.4 Å². The maximum atomic E-state index is 10.6. The molecule has 1 aromatic carbocycles. The average Bonchev–Trinajstić information content (AvgIpc) is 2.21. The first-order chi connectivity index (χ1) is 7.49. The highest BCUT2D eigenvalue weighted by Gasteiger charge is 2.04. The van der Waals surface area contributed by atoms with Crippen molar-refractivity contribution in [3.05, 3.63) is 33.8 Å². The number of nitrogens with two attached hydrogens (primary N) is 1. The summed E-state index contributed by atoms with van der Waals surface area (Å²) in [5.41, 5.74) is 6.13. The second kappa shape index (κ2) is 6.09. The van der Waals surface area contributed by atoms with E-state index in [-0.39, 0.29) is 5.91 Å². The number of halogens is 2. The minimum Gasteiger partial charge on any atom is -0.370 e. The minimum atomic E-state index is -0.291. The van der Waals surface area contributed by atoms with Gasteiger partial charge in [-0.1, -0.05) is 29.3 Å². The third-order valence-corrected chi connectivity index (χ3v) is 2.92. The van der Waals surface area contributed by atoms with Crippen molar-refractivity contribution in [3.63, 3.8) is 0 Å². The van der Waals surface area contributed by atoms with Gasteiger partial charge in [0.1, 0.15) is 0 Å². The van der Waals surface area contributed by atoms with Gasteiger partial charge in [-0.25, -0.2) is 0 Å². The van der Waals surface area contributed by atoms with E-state index in [2.05, 4.69) is 0 Å². The lowest BCUT2D eigenvalue weighted by atomic mass is 10.2. The van der Waals surface area contributed by atoms with Gasteiger partial charge < -0.3 is 10.6 Å². The zero-order chi connectivity index (χ0) is 12.1. The number of carbonyl (C=O) groups excluding carboxylic acids is 1. The predicted molar refractivity (Wildman–Crippen MR) is 66.6 cm³/mol. The molecule has 0 heterocycles. The van der Waals surface area contributed by atoms with Crippen molar-refractivity contribution in [1.29, 1.82) is 0 Å². The lowest BCUT2D eigenvalue weighted by Crippen LogP contribution is -2.24. The van der Waals surface area contributed by atoms with Crippen LogP contribution in [0.5, 0.6) is 0 Å². The molecule has 5 heteroatoms. The number of carbonyl (C=O) groups is 1. The SMILES string of the molecule is CN(CCC(N)=O)Cc1ccc(Cl)c(Cl)c1. The van der Waals surface area contributed by atoms with Crippen LogP contribution in [0.3, 0.4) is 0 Å². The van der Waals surface area contributed by atoms with E-state index >= 15 is 0 Å². The van der Waals surface area contributed by atoms with Crippen LogP contribution in [0.15, 0.2) is 18.2 Å². The van der Waals surface area contributed by atoms with Gasteiger partial charge in [0, 0.05) is 19.5 Å². The number of amides is 1. The number of nitrogens with zero attached hydrogens (tertiary/aromatic N) is 1. The van der Waals surface area contributed by atoms with E-state index in [1.165, 1.54) is 0 Å². The van der Waals surface area contributed by atoms with Gasteiger partial charge in [0.2, 0.25) is 5.91 Å². The van der Waals surface area contributed by atoms with Crippen LogP contribution in [0.1, 0.15) is 12.0 Å². The van der Waals surface area contributed by atoms with Crippen molar-refractivity contribution >= 4 is 29.1 Å². The van der Waals surface area contributed by atoms with Gasteiger partial charge in [-0.05, 0) is 24.7 Å². The molecule has 0 bridgehead atoms. The third kappa shape index (κ3) is 4.39. The summed E-state index contributed by atoms with van der Waals surface area (Å²) in [5.74, 6) is -0.291. The second-order valence-corrected chi connectivity index (χ2v) is 4.52. The normalized spacial score (nSPS) is 10.8. The van der Waals surface area contributed by atoms with E-state index in [1.807, 2.05) is 24.1 Å². The molecule has 1 amide bonds. The Kier molecular flexibility index (Phi) is 5.06. The largest absolute Gasteiger partial charge is 0.370 e. The molecule has 16 heavy (non-hydrogen) atoms. The van der Waals surface area contributed by atoms with Crippen molar-refractivity contribution in [2.75, 3.05) is 13.6 Å². The van der Waals surface area contributed by atoms with E-state index < -0.39 is 0 Å². The molecule has 2 N–H and O–H groups in total. The van der Waals surface area contributed by atoms with Gasteiger partial charge in [-0.15, -0.1) is 0 Å². The highest BCUT2D eigenvalue weighted by atomic mass is 35.5. The van der Waals surface area contributed by atoms with Crippen LogP contribution in [0.25, 0.3) is 0 Å². The lowest BCUT2D eigenvalue weighted by molar-refractivity contribution is -0.118. The molecule has 0 saturated carbocycles. The van der Waals surface area contributed by atoms with Crippen molar-refractivity contribution in [2.45, 2.75) is 13.0 Å². The van der Waals surface area contributed by atoms with Gasteiger partial charge in [0.05, 0.1) is 10.0 Å². The van der Waals surface area contributed by atoms with E-state index in [0.29, 0.717) is 29.6 Å². The number of rotatable bonds is 5. The fourth-order valence-corrected chi connectivity index (χ4v) is 1.65. The van der Waals surface area contributed by atoms with Crippen LogP contribution >= 0.6 is 23.2 Å². The Bertz CT molecular complexity index is 382. The molecule has 0 radical (unpaired) electrons. The molecule has 1 rings (SSSR count). The molecule has 3 nitrogen and oxygen atoms in total. The number of hydrogen-bond donors (Lipinski definition) is 1. The fourth-order valence-electron chi connectivity index (χ4n) is 1.33. The molecule has 0 unspecified atom stereocenters. The third-order valence-electron chi connectivity index (χ3n) is 2.18. The minimum absolute atomic E-state index is 0.291. The molecule has 0 aliphatic carbocycles. The van der Waals surface area contributed by atoms with Crippen LogP contribution in [0.4, 0.5) is 0 Å². The van der Waals surface area contributed by atoms with Crippen molar-refractivity contribution in [3.8, 4) is 0 Å². The van der Waals surface area contributed by atoms with E-state index in [4.69, 9.17) is 28.9 Å². The lowest BCUT2D eigenvalue weighted by Gasteiger charge is -2.15. The zero-order valence-corrected chi connectivity index (χ0v) is 10.6. The van der Waals surface area contributed by atoms with Gasteiger partial charge in [-0.2, -0.15) is 0 Å². The summed E-state index contributed by atoms with van der Waals surface area (Å²) in [6.45, 7) is 1.35. The van der Waals surface area contributed by atoms with E-state index in [0.717, 1.165) is 5.56 Å². The second-order valence-electron chi connectivity index (χ2n) is 3.70. The monoisotopic (exact) mass is 260 g/mol. The summed E-state index contributed by atoms with van der Waals surface area (Å²) < 4.78 is 0. The van der Waals surface area contributed by atoms with E-state index in [1.54, 1.807) is 6.07 Å². The number of benzene rings is 1. The molecule has 0 aliphatic heterocycles. The topological polar surface area (TPSA) is 46.3 Å². The summed E-state index contributed by atoms with van der Waals surface area (Å²) in [4.78, 5) is 12.6. The maximum absolute atomic E-state index is 10.6. The van der Waals surface area contributed by atoms with Gasteiger partial charge >= 0.3 is 0 Å². The Morgan fingerprint density at radius 1 is 1.38 bits per heavy atom. The number of primary amides is 1. The summed E-state index contributed by atoms with van der Waals surface area (Å²) in [6.07, 6.45) is 0.359. The Morgan fingerprint density at radius 3 is 2.62 bits per heavy atom. The predicted octanol–water partition coefficient (Wildman–Crippen LogP) is 2.30. The maximum Gasteiger partial charge on any atom is 0.218 e. The molecular weight excluding hydrogens is 247 g/mol. The standard InChI is InChI=1S/C11H14Cl2N2O/c1-15(5-4-11(14)16)7-8-2-3-9(12)10(13)6-8/h2-3,6H,4-5,7H2,1H3,(H2,14,16). The molecule has 0 atom stereocenters. The van der Waals surface area contributed by atoms with Crippen LogP contribution in [-0.2, 0) is 11.3 Å². The molecule has 0 saturated heterocycles. The summed E-state index contributed by atoms with van der Waals surface area (Å²) in [6, 6.07) is 5.50.